The average Bonchev–Trinajstić information content (AvgIpc) is 2.72. The molecule has 1 fully saturated rings. The minimum absolute atomic E-state index is 0.0178. The van der Waals surface area contributed by atoms with E-state index < -0.39 is 16.0 Å². The van der Waals surface area contributed by atoms with Crippen molar-refractivity contribution >= 4 is 16.0 Å². The van der Waals surface area contributed by atoms with Gasteiger partial charge < -0.3 is 4.74 Å². The summed E-state index contributed by atoms with van der Waals surface area (Å²) in [7, 11) is -3.56. The number of nitriles is 1. The van der Waals surface area contributed by atoms with Crippen molar-refractivity contribution in [1.29, 1.82) is 5.26 Å². The summed E-state index contributed by atoms with van der Waals surface area (Å²) < 4.78 is 32.5. The molecule has 146 valence electrons. The number of ether oxygens (including phenoxy) is 1. The lowest BCUT2D eigenvalue weighted by molar-refractivity contribution is 0.0472. The van der Waals surface area contributed by atoms with E-state index in [2.05, 4.69) is 0 Å². The molecule has 2 aromatic rings. The third kappa shape index (κ3) is 4.41. The van der Waals surface area contributed by atoms with E-state index in [-0.39, 0.29) is 17.5 Å². The smallest absolute Gasteiger partial charge is 0.338 e. The Morgan fingerprint density at radius 1 is 1.14 bits per heavy atom. The van der Waals surface area contributed by atoms with Crippen LogP contribution in [0, 0.1) is 11.3 Å². The predicted octanol–water partition coefficient (Wildman–Crippen LogP) is 3.48. The van der Waals surface area contributed by atoms with Gasteiger partial charge in [0.25, 0.3) is 0 Å². The van der Waals surface area contributed by atoms with Crippen LogP contribution in [0.1, 0.15) is 47.7 Å². The standard InChI is InChI=1S/C21H22N2O4S/c1-16-4-2-3-13-23(16)28(25,26)20-11-9-19(10-12-20)21(24)27-15-18-7-5-17(14-22)6-8-18/h5-12,16H,2-4,13,15H2,1H3/t16-/m1/s1. The highest BCUT2D eigenvalue weighted by Crippen LogP contribution is 2.25. The van der Waals surface area contributed by atoms with Gasteiger partial charge in [0.15, 0.2) is 0 Å². The molecule has 1 saturated heterocycles. The summed E-state index contributed by atoms with van der Waals surface area (Å²) in [4.78, 5) is 12.4. The first-order valence-corrected chi connectivity index (χ1v) is 10.6. The number of carbonyl (C=O) groups excluding carboxylic acids is 1. The summed E-state index contributed by atoms with van der Waals surface area (Å²) in [5.41, 5.74) is 1.60. The Kier molecular flexibility index (Phi) is 6.12. The van der Waals surface area contributed by atoms with Gasteiger partial charge in [-0.05, 0) is 61.7 Å². The summed E-state index contributed by atoms with van der Waals surface area (Å²) in [5, 5.41) is 8.79. The summed E-state index contributed by atoms with van der Waals surface area (Å²) in [5.74, 6) is -0.528. The molecule has 3 rings (SSSR count). The van der Waals surface area contributed by atoms with Crippen LogP contribution < -0.4 is 0 Å². The van der Waals surface area contributed by atoms with Crippen molar-refractivity contribution in [3.05, 3.63) is 65.2 Å². The first-order chi connectivity index (χ1) is 13.4. The molecule has 0 spiro atoms. The molecule has 28 heavy (non-hydrogen) atoms. The predicted molar refractivity (Wildman–Crippen MR) is 104 cm³/mol. The monoisotopic (exact) mass is 398 g/mol. The summed E-state index contributed by atoms with van der Waals surface area (Å²) >= 11 is 0. The number of carbonyl (C=O) groups is 1. The second kappa shape index (κ2) is 8.55. The second-order valence-corrected chi connectivity index (χ2v) is 8.76. The van der Waals surface area contributed by atoms with Crippen molar-refractivity contribution in [1.82, 2.24) is 4.31 Å². The van der Waals surface area contributed by atoms with Crippen LogP contribution in [0.25, 0.3) is 0 Å². The van der Waals surface area contributed by atoms with E-state index in [1.54, 1.807) is 24.3 Å². The first-order valence-electron chi connectivity index (χ1n) is 9.20. The van der Waals surface area contributed by atoms with Gasteiger partial charge in [0.05, 0.1) is 22.1 Å². The highest BCUT2D eigenvalue weighted by Gasteiger charge is 2.30. The number of rotatable bonds is 5. The Bertz CT molecular complexity index is 977. The molecule has 1 heterocycles. The Balaban J connectivity index is 1.66. The number of hydrogen-bond donors (Lipinski definition) is 0. The Morgan fingerprint density at radius 2 is 1.82 bits per heavy atom. The van der Waals surface area contributed by atoms with Crippen molar-refractivity contribution < 1.29 is 17.9 Å². The molecule has 0 bridgehead atoms. The average molecular weight is 398 g/mol. The van der Waals surface area contributed by atoms with E-state index in [0.717, 1.165) is 24.8 Å². The van der Waals surface area contributed by atoms with Gasteiger partial charge >= 0.3 is 5.97 Å². The van der Waals surface area contributed by atoms with E-state index in [4.69, 9.17) is 10.00 Å². The van der Waals surface area contributed by atoms with Crippen LogP contribution in [-0.4, -0.2) is 31.3 Å². The summed E-state index contributed by atoms with van der Waals surface area (Å²) in [6, 6.07) is 14.6. The maximum absolute atomic E-state index is 12.8. The molecule has 0 saturated carbocycles. The zero-order chi connectivity index (χ0) is 20.1. The zero-order valence-electron chi connectivity index (χ0n) is 15.7. The fraction of sp³-hybridized carbons (Fsp3) is 0.333. The second-order valence-electron chi connectivity index (χ2n) is 6.87. The van der Waals surface area contributed by atoms with Gasteiger partial charge in [-0.25, -0.2) is 13.2 Å². The summed E-state index contributed by atoms with van der Waals surface area (Å²) in [6.07, 6.45) is 2.76. The maximum atomic E-state index is 12.8. The molecule has 6 nitrogen and oxygen atoms in total. The van der Waals surface area contributed by atoms with Crippen molar-refractivity contribution in [2.24, 2.45) is 0 Å². The van der Waals surface area contributed by atoms with Gasteiger partial charge in [0.1, 0.15) is 6.61 Å². The third-order valence-corrected chi connectivity index (χ3v) is 6.92. The highest BCUT2D eigenvalue weighted by molar-refractivity contribution is 7.89. The van der Waals surface area contributed by atoms with Gasteiger partial charge in [-0.15, -0.1) is 0 Å². The van der Waals surface area contributed by atoms with Crippen LogP contribution >= 0.6 is 0 Å². The molecule has 1 aliphatic heterocycles. The van der Waals surface area contributed by atoms with Gasteiger partial charge in [-0.2, -0.15) is 9.57 Å². The number of nitrogens with zero attached hydrogens (tertiary/aromatic N) is 2. The Labute approximate surface area is 165 Å². The molecule has 0 aromatic heterocycles. The molecule has 0 aliphatic carbocycles. The summed E-state index contributed by atoms with van der Waals surface area (Å²) in [6.45, 7) is 2.53. The van der Waals surface area contributed by atoms with E-state index in [0.29, 0.717) is 17.7 Å². The van der Waals surface area contributed by atoms with Crippen molar-refractivity contribution in [3.8, 4) is 6.07 Å². The Hall–Kier alpha value is -2.69. The fourth-order valence-electron chi connectivity index (χ4n) is 3.23. The SMILES string of the molecule is C[C@@H]1CCCCN1S(=O)(=O)c1ccc(C(=O)OCc2ccc(C#N)cc2)cc1. The van der Waals surface area contributed by atoms with Crippen LogP contribution in [-0.2, 0) is 21.4 Å². The van der Waals surface area contributed by atoms with Crippen LogP contribution in [0.15, 0.2) is 53.4 Å². The molecule has 0 N–H and O–H groups in total. The molecule has 1 aliphatic rings. The van der Waals surface area contributed by atoms with Crippen LogP contribution in [0.3, 0.4) is 0 Å². The molecular formula is C21H22N2O4S. The Morgan fingerprint density at radius 3 is 2.43 bits per heavy atom. The quantitative estimate of drug-likeness (QED) is 0.720. The normalized spacial score (nSPS) is 17.6. The maximum Gasteiger partial charge on any atom is 0.338 e. The van der Waals surface area contributed by atoms with Crippen molar-refractivity contribution in [3.63, 3.8) is 0 Å². The van der Waals surface area contributed by atoms with Gasteiger partial charge in [-0.3, -0.25) is 0 Å². The third-order valence-electron chi connectivity index (χ3n) is 4.89. The number of hydrogen-bond acceptors (Lipinski definition) is 5. The molecular weight excluding hydrogens is 376 g/mol. The molecule has 2 aromatic carbocycles. The lowest BCUT2D eigenvalue weighted by atomic mass is 10.1. The zero-order valence-corrected chi connectivity index (χ0v) is 16.5. The molecule has 0 amide bonds. The van der Waals surface area contributed by atoms with Crippen molar-refractivity contribution in [2.75, 3.05) is 6.54 Å². The lowest BCUT2D eigenvalue weighted by Crippen LogP contribution is -2.41. The van der Waals surface area contributed by atoms with Gasteiger partial charge in [0, 0.05) is 12.6 Å². The van der Waals surface area contributed by atoms with Gasteiger partial charge in [0.2, 0.25) is 10.0 Å². The van der Waals surface area contributed by atoms with E-state index in [1.807, 2.05) is 13.0 Å². The van der Waals surface area contributed by atoms with Crippen LogP contribution in [0.4, 0.5) is 0 Å². The molecule has 0 radical (unpaired) electrons. The minimum Gasteiger partial charge on any atom is -0.457 e. The fourth-order valence-corrected chi connectivity index (χ4v) is 4.93. The first kappa shape index (κ1) is 20.1. The van der Waals surface area contributed by atoms with E-state index in [9.17, 15) is 13.2 Å². The largest absolute Gasteiger partial charge is 0.457 e. The molecule has 7 heteroatoms. The van der Waals surface area contributed by atoms with E-state index >= 15 is 0 Å². The van der Waals surface area contributed by atoms with Crippen LogP contribution in [0.2, 0.25) is 0 Å². The minimum atomic E-state index is -3.56. The van der Waals surface area contributed by atoms with Crippen molar-refractivity contribution in [2.45, 2.75) is 43.7 Å². The lowest BCUT2D eigenvalue weighted by Gasteiger charge is -2.32. The number of benzene rings is 2. The topological polar surface area (TPSA) is 87.5 Å². The molecule has 1 atom stereocenters. The number of esters is 1. The number of piperidine rings is 1. The molecule has 0 unspecified atom stereocenters. The number of sulfonamides is 1. The van der Waals surface area contributed by atoms with Crippen LogP contribution in [0.5, 0.6) is 0 Å². The highest BCUT2D eigenvalue weighted by atomic mass is 32.2. The van der Waals surface area contributed by atoms with Gasteiger partial charge in [-0.1, -0.05) is 18.6 Å². The van der Waals surface area contributed by atoms with E-state index in [1.165, 1.54) is 28.6 Å².